The first-order valence-electron chi connectivity index (χ1n) is 6.61. The fourth-order valence-corrected chi connectivity index (χ4v) is 3.89. The van der Waals surface area contributed by atoms with Gasteiger partial charge in [0.1, 0.15) is 12.1 Å². The van der Waals surface area contributed by atoms with Gasteiger partial charge in [0.05, 0.1) is 13.2 Å². The summed E-state index contributed by atoms with van der Waals surface area (Å²) >= 11 is 0. The molecule has 136 valence electrons. The number of hydrogen-bond acceptors (Lipinski definition) is 12. The van der Waals surface area contributed by atoms with Crippen LogP contribution in [0.3, 0.4) is 0 Å². The molecule has 0 amide bonds. The molecule has 2 fully saturated rings. The minimum absolute atomic E-state index is 0.301. The van der Waals surface area contributed by atoms with Crippen LogP contribution in [0.2, 0.25) is 0 Å². The zero-order chi connectivity index (χ0) is 18.1. The minimum Gasteiger partial charge on any atom is -0.726 e. The predicted molar refractivity (Wildman–Crippen MR) is 71.9 cm³/mol. The maximum Gasteiger partial charge on any atom is 0.239 e. The molecular weight excluding hydrogens is 352 g/mol. The number of nitrogens with two attached hydrogens (primary N) is 1. The second kappa shape index (κ2) is 4.88. The van der Waals surface area contributed by atoms with Crippen LogP contribution in [0.5, 0.6) is 0 Å². The first-order valence-corrected chi connectivity index (χ1v) is 7.94. The van der Waals surface area contributed by atoms with Gasteiger partial charge in [0, 0.05) is 0 Å². The third-order valence-corrected chi connectivity index (χ3v) is 4.85. The lowest BCUT2D eigenvalue weighted by molar-refractivity contribution is -0.265. The number of aliphatic hydroxyl groups is 3. The quantitative estimate of drug-likeness (QED) is 0.141. The first-order chi connectivity index (χ1) is 11.0. The Hall–Kier alpha value is -1.75. The summed E-state index contributed by atoms with van der Waals surface area (Å²) in [5.74, 6) is -4.06. The number of guanidine groups is 2. The van der Waals surface area contributed by atoms with Crippen LogP contribution in [0.4, 0.5) is 0 Å². The van der Waals surface area contributed by atoms with Crippen LogP contribution in [0.15, 0.2) is 4.99 Å². The van der Waals surface area contributed by atoms with Gasteiger partial charge in [-0.2, -0.15) is 0 Å². The molecule has 0 aliphatic carbocycles. The summed E-state index contributed by atoms with van der Waals surface area (Å²) in [4.78, 5) is 4.74. The summed E-state index contributed by atoms with van der Waals surface area (Å²) in [6.45, 7) is -1.39. The van der Waals surface area contributed by atoms with Crippen molar-refractivity contribution < 1.29 is 37.7 Å². The Bertz CT molecular complexity index is 711. The fraction of sp³-hybridized carbons (Fsp3) is 0.778. The molecule has 2 saturated heterocycles. The number of nitrogens with zero attached hydrogens (tertiary/aromatic N) is 3. The van der Waals surface area contributed by atoms with Gasteiger partial charge >= 0.3 is 0 Å². The van der Waals surface area contributed by atoms with Gasteiger partial charge in [0.25, 0.3) is 0 Å². The second-order valence-corrected chi connectivity index (χ2v) is 6.61. The monoisotopic (exact) mass is 367 g/mol. The minimum atomic E-state index is -5.31. The average molecular weight is 367 g/mol. The number of aliphatic hydroxyl groups excluding tert-OH is 1. The zero-order valence-electron chi connectivity index (χ0n) is 11.9. The van der Waals surface area contributed by atoms with Gasteiger partial charge in [-0.15, -0.1) is 0 Å². The van der Waals surface area contributed by atoms with E-state index in [9.17, 15) is 33.5 Å². The van der Waals surface area contributed by atoms with Crippen LogP contribution in [0.25, 0.3) is 0 Å². The third kappa shape index (κ3) is 2.00. The van der Waals surface area contributed by atoms with Crippen LogP contribution in [-0.4, -0.2) is 98.2 Å². The number of aliphatic imine (C=N–C) groups is 1. The Morgan fingerprint density at radius 2 is 2.17 bits per heavy atom. The van der Waals surface area contributed by atoms with E-state index in [2.05, 4.69) is 14.5 Å². The van der Waals surface area contributed by atoms with Crippen molar-refractivity contribution in [2.45, 2.75) is 29.6 Å². The standard InChI is InChI=1S/C9H16N6O8S/c10-6-12-5-3(2-16)15(19)7(11)14-1-4(23-24(20,21)22)9(17,18)8(5,14)13-6/h3-5,11,16-19H,1-2H2,(H3,10,12,13)(H,20,21,22)/p-1/t3-,4+,5-,8-/m0/s1. The molecule has 0 aromatic carbocycles. The molecule has 3 heterocycles. The molecule has 0 radical (unpaired) electrons. The lowest BCUT2D eigenvalue weighted by Gasteiger charge is -2.52. The van der Waals surface area contributed by atoms with E-state index in [1.807, 2.05) is 0 Å². The SMILES string of the molecule is N=C1N(O)[C@@H](CO)[C@@H]2N=C(N)N[C@]23N1C[C@@H](OS(=O)(=O)[O-])C3(O)O. The fourth-order valence-electron chi connectivity index (χ4n) is 3.41. The molecule has 15 heteroatoms. The molecule has 3 aliphatic heterocycles. The molecule has 0 aromatic heterocycles. The van der Waals surface area contributed by atoms with Crippen LogP contribution in [0, 0.1) is 5.41 Å². The van der Waals surface area contributed by atoms with Crippen molar-refractivity contribution in [3.05, 3.63) is 0 Å². The van der Waals surface area contributed by atoms with E-state index >= 15 is 0 Å². The summed E-state index contributed by atoms with van der Waals surface area (Å²) in [5, 5.41) is 51.2. The molecule has 0 aromatic rings. The molecular formula is C9H15N6O8S-. The highest BCUT2D eigenvalue weighted by Gasteiger charge is 2.75. The normalized spacial score (nSPS) is 37.8. The largest absolute Gasteiger partial charge is 0.726 e. The number of hydrogen-bond donors (Lipinski definition) is 7. The topological polar surface area (TPSA) is 228 Å². The summed E-state index contributed by atoms with van der Waals surface area (Å²) in [6, 6.07) is -2.61. The Balaban J connectivity index is 2.13. The maximum absolute atomic E-state index is 10.9. The molecule has 14 nitrogen and oxygen atoms in total. The van der Waals surface area contributed by atoms with Crippen LogP contribution < -0.4 is 11.1 Å². The first kappa shape index (κ1) is 17.1. The van der Waals surface area contributed by atoms with Crippen molar-refractivity contribution in [3.8, 4) is 0 Å². The van der Waals surface area contributed by atoms with E-state index in [0.717, 1.165) is 4.90 Å². The molecule has 0 saturated carbocycles. The van der Waals surface area contributed by atoms with Crippen molar-refractivity contribution in [2.75, 3.05) is 13.2 Å². The molecule has 3 rings (SSSR count). The summed E-state index contributed by atoms with van der Waals surface area (Å²) in [6.07, 6.45) is -2.00. The predicted octanol–water partition coefficient (Wildman–Crippen LogP) is -5.19. The number of hydroxylamine groups is 2. The smallest absolute Gasteiger partial charge is 0.239 e. The molecule has 8 N–H and O–H groups in total. The van der Waals surface area contributed by atoms with Gasteiger partial charge in [-0.25, -0.2) is 18.5 Å². The second-order valence-electron chi connectivity index (χ2n) is 5.60. The van der Waals surface area contributed by atoms with E-state index in [0.29, 0.717) is 5.06 Å². The van der Waals surface area contributed by atoms with Gasteiger partial charge in [-0.05, 0) is 0 Å². The highest BCUT2D eigenvalue weighted by Crippen LogP contribution is 2.46. The number of rotatable bonds is 3. The Kier molecular flexibility index (Phi) is 3.48. The zero-order valence-corrected chi connectivity index (χ0v) is 12.7. The van der Waals surface area contributed by atoms with Crippen LogP contribution in [0.1, 0.15) is 0 Å². The van der Waals surface area contributed by atoms with Crippen molar-refractivity contribution >= 4 is 22.3 Å². The van der Waals surface area contributed by atoms with Crippen molar-refractivity contribution in [3.63, 3.8) is 0 Å². The van der Waals surface area contributed by atoms with Gasteiger partial charge < -0.3 is 35.8 Å². The molecule has 24 heavy (non-hydrogen) atoms. The summed E-state index contributed by atoms with van der Waals surface area (Å²) < 4.78 is 36.7. The highest BCUT2D eigenvalue weighted by molar-refractivity contribution is 7.80. The molecule has 0 bridgehead atoms. The summed E-state index contributed by atoms with van der Waals surface area (Å²) in [5.41, 5.74) is 3.45. The van der Waals surface area contributed by atoms with Crippen molar-refractivity contribution in [2.24, 2.45) is 10.7 Å². The van der Waals surface area contributed by atoms with E-state index in [1.54, 1.807) is 0 Å². The highest BCUT2D eigenvalue weighted by atomic mass is 32.3. The maximum atomic E-state index is 10.9. The van der Waals surface area contributed by atoms with Crippen LogP contribution >= 0.6 is 0 Å². The number of nitrogens with one attached hydrogen (secondary N) is 2. The van der Waals surface area contributed by atoms with Gasteiger partial charge in [0.2, 0.25) is 22.1 Å². The Morgan fingerprint density at radius 3 is 2.71 bits per heavy atom. The van der Waals surface area contributed by atoms with E-state index < -0.39 is 59.1 Å². The third-order valence-electron chi connectivity index (χ3n) is 4.38. The van der Waals surface area contributed by atoms with Crippen molar-refractivity contribution in [1.29, 1.82) is 5.41 Å². The lowest BCUT2D eigenvalue weighted by atomic mass is 9.85. The molecule has 1 spiro atoms. The van der Waals surface area contributed by atoms with Gasteiger partial charge in [-0.3, -0.25) is 14.8 Å². The Morgan fingerprint density at radius 1 is 1.54 bits per heavy atom. The van der Waals surface area contributed by atoms with E-state index in [-0.39, 0.29) is 5.96 Å². The Labute approximate surface area is 135 Å². The molecule has 0 unspecified atom stereocenters. The molecule has 3 aliphatic rings. The van der Waals surface area contributed by atoms with E-state index in [1.165, 1.54) is 0 Å². The lowest BCUT2D eigenvalue weighted by Crippen LogP contribution is -2.80. The molecule has 4 atom stereocenters. The van der Waals surface area contributed by atoms with Crippen molar-refractivity contribution in [1.82, 2.24) is 15.3 Å². The average Bonchev–Trinajstić information content (AvgIpc) is 2.89. The van der Waals surface area contributed by atoms with Gasteiger partial charge in [0.15, 0.2) is 17.7 Å². The van der Waals surface area contributed by atoms with Gasteiger partial charge in [-0.1, -0.05) is 0 Å². The van der Waals surface area contributed by atoms with Crippen LogP contribution in [-0.2, 0) is 14.6 Å². The van der Waals surface area contributed by atoms with E-state index in [4.69, 9.17) is 11.1 Å². The summed E-state index contributed by atoms with van der Waals surface area (Å²) in [7, 11) is -5.31.